The fourth-order valence-electron chi connectivity index (χ4n) is 0.740. The summed E-state index contributed by atoms with van der Waals surface area (Å²) in [6.45, 7) is 3.67. The van der Waals surface area contributed by atoms with E-state index in [0.29, 0.717) is 9.51 Å². The van der Waals surface area contributed by atoms with Crippen LogP contribution in [0.5, 0.6) is 0 Å². The van der Waals surface area contributed by atoms with E-state index < -0.39 is 0 Å². The molecule has 0 unspecified atom stereocenters. The van der Waals surface area contributed by atoms with E-state index in [1.165, 1.54) is 12.5 Å². The molecule has 74 valence electrons. The van der Waals surface area contributed by atoms with Crippen molar-refractivity contribution >= 4 is 33.4 Å². The van der Waals surface area contributed by atoms with Crippen LogP contribution in [0.1, 0.15) is 10.5 Å². The van der Waals surface area contributed by atoms with E-state index in [-0.39, 0.29) is 18.1 Å². The van der Waals surface area contributed by atoms with Gasteiger partial charge in [0.1, 0.15) is 12.0 Å². The molecule has 1 amide bonds. The summed E-state index contributed by atoms with van der Waals surface area (Å²) in [5, 5.41) is 2.91. The average Bonchev–Trinajstić information content (AvgIpc) is 2.15. The maximum atomic E-state index is 11.4. The Hall–Kier alpha value is -0.940. The third-order valence-corrected chi connectivity index (χ3v) is 2.04. The number of rotatable bonds is 3. The normalized spacial score (nSPS) is 9.57. The molecule has 0 radical (unpaired) electrons. The highest BCUT2D eigenvalue weighted by Gasteiger charge is 2.10. The molecule has 1 aromatic heterocycles. The Morgan fingerprint density at radius 1 is 1.71 bits per heavy atom. The molecule has 1 heterocycles. The lowest BCUT2D eigenvalue weighted by atomic mass is 10.4. The van der Waals surface area contributed by atoms with Gasteiger partial charge >= 0.3 is 0 Å². The zero-order valence-electron chi connectivity index (χ0n) is 7.13. The number of hydrogen-bond acceptors (Lipinski definition) is 3. The topological polar surface area (TPSA) is 54.9 Å². The molecule has 14 heavy (non-hydrogen) atoms. The number of carbonyl (C=O) groups is 1. The number of carbonyl (C=O) groups excluding carboxylic acids is 1. The lowest BCUT2D eigenvalue weighted by Crippen LogP contribution is -2.25. The van der Waals surface area contributed by atoms with Crippen LogP contribution in [-0.2, 0) is 0 Å². The zero-order valence-corrected chi connectivity index (χ0v) is 9.47. The molecule has 0 aliphatic carbocycles. The first-order valence-electron chi connectivity index (χ1n) is 3.68. The molecular formula is C8H7BrClN3O. The van der Waals surface area contributed by atoms with Gasteiger partial charge in [-0.15, -0.1) is 0 Å². The quantitative estimate of drug-likeness (QED) is 0.914. The minimum Gasteiger partial charge on any atom is -0.346 e. The first-order chi connectivity index (χ1) is 6.61. The van der Waals surface area contributed by atoms with Crippen molar-refractivity contribution in [3.8, 4) is 0 Å². The Morgan fingerprint density at radius 3 is 3.00 bits per heavy atom. The molecule has 1 N–H and O–H groups in total. The Labute approximate surface area is 94.5 Å². The van der Waals surface area contributed by atoms with Gasteiger partial charge in [-0.05, 0) is 15.9 Å². The molecule has 0 saturated heterocycles. The molecule has 0 aliphatic heterocycles. The van der Waals surface area contributed by atoms with E-state index in [1.807, 2.05) is 0 Å². The molecule has 4 nitrogen and oxygen atoms in total. The standard InChI is InChI=1S/C8H7BrClN3O/c1-5(10)2-12-8(14)7-6(9)3-11-4-13-7/h3-4H,1-2H2,(H,12,14). The molecule has 0 bridgehead atoms. The Bertz CT molecular complexity index is 369. The van der Waals surface area contributed by atoms with Crippen LogP contribution in [0, 0.1) is 0 Å². The number of aromatic nitrogens is 2. The molecule has 0 aromatic carbocycles. The number of hydrogen-bond donors (Lipinski definition) is 1. The zero-order chi connectivity index (χ0) is 10.6. The third kappa shape index (κ3) is 3.08. The third-order valence-electron chi connectivity index (χ3n) is 1.32. The van der Waals surface area contributed by atoms with Crippen LogP contribution >= 0.6 is 27.5 Å². The SMILES string of the molecule is C=C(Cl)CNC(=O)c1ncncc1Br. The second-order valence-corrected chi connectivity index (χ2v) is 3.81. The van der Waals surface area contributed by atoms with E-state index >= 15 is 0 Å². The van der Waals surface area contributed by atoms with E-state index in [0.717, 1.165) is 0 Å². The van der Waals surface area contributed by atoms with Crippen LogP contribution in [0.4, 0.5) is 0 Å². The lowest BCUT2D eigenvalue weighted by molar-refractivity contribution is 0.0951. The summed E-state index contributed by atoms with van der Waals surface area (Å²) in [6, 6.07) is 0. The molecule has 0 saturated carbocycles. The van der Waals surface area contributed by atoms with Crippen LogP contribution in [0.2, 0.25) is 0 Å². The molecule has 0 atom stereocenters. The van der Waals surface area contributed by atoms with Crippen molar-refractivity contribution in [3.63, 3.8) is 0 Å². The van der Waals surface area contributed by atoms with E-state index in [4.69, 9.17) is 11.6 Å². The molecule has 0 spiro atoms. The largest absolute Gasteiger partial charge is 0.346 e. The average molecular weight is 277 g/mol. The maximum absolute atomic E-state index is 11.4. The highest BCUT2D eigenvalue weighted by atomic mass is 79.9. The molecule has 1 rings (SSSR count). The minimum atomic E-state index is -0.318. The number of nitrogens with zero attached hydrogens (tertiary/aromatic N) is 2. The summed E-state index contributed by atoms with van der Waals surface area (Å²) in [5.74, 6) is -0.318. The van der Waals surface area contributed by atoms with Gasteiger partial charge in [-0.3, -0.25) is 4.79 Å². The summed E-state index contributed by atoms with van der Waals surface area (Å²) in [7, 11) is 0. The summed E-state index contributed by atoms with van der Waals surface area (Å²) in [4.78, 5) is 19.0. The van der Waals surface area contributed by atoms with Crippen molar-refractivity contribution < 1.29 is 4.79 Å². The monoisotopic (exact) mass is 275 g/mol. The smallest absolute Gasteiger partial charge is 0.271 e. The van der Waals surface area contributed by atoms with E-state index in [2.05, 4.69) is 37.8 Å². The summed E-state index contributed by atoms with van der Waals surface area (Å²) >= 11 is 8.66. The predicted octanol–water partition coefficient (Wildman–Crippen LogP) is 1.72. The lowest BCUT2D eigenvalue weighted by Gasteiger charge is -2.03. The summed E-state index contributed by atoms with van der Waals surface area (Å²) in [6.07, 6.45) is 2.80. The van der Waals surface area contributed by atoms with Crippen molar-refractivity contribution in [3.05, 3.63) is 34.3 Å². The van der Waals surface area contributed by atoms with Gasteiger partial charge in [-0.25, -0.2) is 9.97 Å². The van der Waals surface area contributed by atoms with Crippen LogP contribution in [0.3, 0.4) is 0 Å². The number of amides is 1. The Morgan fingerprint density at radius 2 is 2.43 bits per heavy atom. The highest BCUT2D eigenvalue weighted by molar-refractivity contribution is 9.10. The van der Waals surface area contributed by atoms with E-state index in [1.54, 1.807) is 0 Å². The molecule has 0 fully saturated rings. The van der Waals surface area contributed by atoms with Gasteiger partial charge in [0, 0.05) is 11.2 Å². The van der Waals surface area contributed by atoms with Gasteiger partial charge < -0.3 is 5.32 Å². The number of halogens is 2. The second kappa shape index (κ2) is 5.07. The van der Waals surface area contributed by atoms with Gasteiger partial charge in [0.2, 0.25) is 0 Å². The van der Waals surface area contributed by atoms with Gasteiger partial charge in [0.05, 0.1) is 11.0 Å². The first kappa shape index (κ1) is 11.1. The van der Waals surface area contributed by atoms with Gasteiger partial charge in [-0.2, -0.15) is 0 Å². The van der Waals surface area contributed by atoms with Crippen molar-refractivity contribution in [2.75, 3.05) is 6.54 Å². The van der Waals surface area contributed by atoms with Crippen LogP contribution in [0.15, 0.2) is 28.6 Å². The fraction of sp³-hybridized carbons (Fsp3) is 0.125. The van der Waals surface area contributed by atoms with E-state index in [9.17, 15) is 4.79 Å². The van der Waals surface area contributed by atoms with Crippen LogP contribution in [0.25, 0.3) is 0 Å². The minimum absolute atomic E-state index is 0.219. The molecular weight excluding hydrogens is 269 g/mol. The van der Waals surface area contributed by atoms with Gasteiger partial charge in [0.25, 0.3) is 5.91 Å². The van der Waals surface area contributed by atoms with Crippen molar-refractivity contribution in [2.45, 2.75) is 0 Å². The van der Waals surface area contributed by atoms with Gasteiger partial charge in [-0.1, -0.05) is 18.2 Å². The van der Waals surface area contributed by atoms with Crippen LogP contribution in [-0.4, -0.2) is 22.4 Å². The predicted molar refractivity (Wildman–Crippen MR) is 57.1 cm³/mol. The Balaban J connectivity index is 2.70. The first-order valence-corrected chi connectivity index (χ1v) is 4.85. The second-order valence-electron chi connectivity index (χ2n) is 2.42. The van der Waals surface area contributed by atoms with Crippen molar-refractivity contribution in [1.82, 2.24) is 15.3 Å². The molecule has 0 aliphatic rings. The maximum Gasteiger partial charge on any atom is 0.271 e. The summed E-state index contributed by atoms with van der Waals surface area (Å²) in [5.41, 5.74) is 0.276. The highest BCUT2D eigenvalue weighted by Crippen LogP contribution is 2.11. The van der Waals surface area contributed by atoms with Crippen molar-refractivity contribution in [2.24, 2.45) is 0 Å². The fourth-order valence-corrected chi connectivity index (χ4v) is 1.21. The van der Waals surface area contributed by atoms with Crippen molar-refractivity contribution in [1.29, 1.82) is 0 Å². The molecule has 1 aromatic rings. The van der Waals surface area contributed by atoms with Gasteiger partial charge in [0.15, 0.2) is 0 Å². The number of nitrogens with one attached hydrogen (secondary N) is 1. The Kier molecular flexibility index (Phi) is 4.03. The summed E-state index contributed by atoms with van der Waals surface area (Å²) < 4.78 is 0.540. The van der Waals surface area contributed by atoms with Crippen LogP contribution < -0.4 is 5.32 Å². The molecule has 6 heteroatoms.